The normalized spacial score (nSPS) is 10.0. The second kappa shape index (κ2) is 3.08. The van der Waals surface area contributed by atoms with Crippen LogP contribution in [0.3, 0.4) is 0 Å². The lowest BCUT2D eigenvalue weighted by Gasteiger charge is -1.97. The molecule has 0 aliphatic carbocycles. The van der Waals surface area contributed by atoms with Crippen molar-refractivity contribution in [3.05, 3.63) is 0 Å². The number of hydrogen-bond donors (Lipinski definition) is 3. The SMILES string of the molecule is NCCC(N)N. The molecule has 0 saturated heterocycles. The van der Waals surface area contributed by atoms with Gasteiger partial charge in [-0.15, -0.1) is 0 Å². The monoisotopic (exact) mass is 89.1 g/mol. The standard InChI is InChI=1S/C3H11N3/c4-2-1-3(5)6/h3H,1-2,4-6H2. The third kappa shape index (κ3) is 3.88. The lowest BCUT2D eigenvalue weighted by Crippen LogP contribution is -2.32. The van der Waals surface area contributed by atoms with Gasteiger partial charge in [0.1, 0.15) is 0 Å². The molecule has 0 bridgehead atoms. The topological polar surface area (TPSA) is 78.1 Å². The summed E-state index contributed by atoms with van der Waals surface area (Å²) in [5.74, 6) is 0. The van der Waals surface area contributed by atoms with Gasteiger partial charge in [0.25, 0.3) is 0 Å². The second-order valence-corrected chi connectivity index (χ2v) is 1.24. The number of hydrogen-bond acceptors (Lipinski definition) is 3. The van der Waals surface area contributed by atoms with E-state index >= 15 is 0 Å². The van der Waals surface area contributed by atoms with Crippen molar-refractivity contribution >= 4 is 0 Å². The molecule has 0 aromatic rings. The van der Waals surface area contributed by atoms with Crippen molar-refractivity contribution in [2.45, 2.75) is 12.6 Å². The van der Waals surface area contributed by atoms with Crippen LogP contribution in [0.4, 0.5) is 0 Å². The van der Waals surface area contributed by atoms with E-state index in [4.69, 9.17) is 17.2 Å². The van der Waals surface area contributed by atoms with Gasteiger partial charge in [0, 0.05) is 0 Å². The van der Waals surface area contributed by atoms with Gasteiger partial charge in [-0.3, -0.25) is 0 Å². The molecule has 0 spiro atoms. The molecule has 38 valence electrons. The number of rotatable bonds is 2. The fourth-order valence-corrected chi connectivity index (χ4v) is 0.192. The molecule has 3 nitrogen and oxygen atoms in total. The maximum absolute atomic E-state index is 5.10. The zero-order valence-corrected chi connectivity index (χ0v) is 3.72. The highest BCUT2D eigenvalue weighted by molar-refractivity contribution is 4.48. The zero-order valence-electron chi connectivity index (χ0n) is 3.72. The molecule has 0 aromatic heterocycles. The van der Waals surface area contributed by atoms with Crippen molar-refractivity contribution < 1.29 is 0 Å². The van der Waals surface area contributed by atoms with Gasteiger partial charge in [0.05, 0.1) is 6.17 Å². The van der Waals surface area contributed by atoms with Gasteiger partial charge in [0.2, 0.25) is 0 Å². The lowest BCUT2D eigenvalue weighted by atomic mass is 10.4. The molecule has 0 unspecified atom stereocenters. The van der Waals surface area contributed by atoms with E-state index in [-0.39, 0.29) is 6.17 Å². The van der Waals surface area contributed by atoms with Crippen LogP contribution in [0.5, 0.6) is 0 Å². The zero-order chi connectivity index (χ0) is 4.99. The van der Waals surface area contributed by atoms with Crippen molar-refractivity contribution in [1.82, 2.24) is 0 Å². The molecular formula is C3H11N3. The van der Waals surface area contributed by atoms with Gasteiger partial charge in [-0.2, -0.15) is 0 Å². The fourth-order valence-electron chi connectivity index (χ4n) is 0.192. The molecule has 0 atom stereocenters. The van der Waals surface area contributed by atoms with Crippen molar-refractivity contribution in [2.75, 3.05) is 6.54 Å². The Balaban J connectivity index is 2.63. The van der Waals surface area contributed by atoms with Crippen molar-refractivity contribution in [2.24, 2.45) is 17.2 Å². The largest absolute Gasteiger partial charge is 0.330 e. The molecule has 0 heterocycles. The number of nitrogens with two attached hydrogens (primary N) is 3. The summed E-state index contributed by atoms with van der Waals surface area (Å²) in [5, 5.41) is 0. The van der Waals surface area contributed by atoms with Crippen LogP contribution in [0.1, 0.15) is 6.42 Å². The molecule has 0 aromatic carbocycles. The predicted molar refractivity (Wildman–Crippen MR) is 25.8 cm³/mol. The van der Waals surface area contributed by atoms with Crippen LogP contribution in [0.2, 0.25) is 0 Å². The maximum Gasteiger partial charge on any atom is 0.0533 e. The van der Waals surface area contributed by atoms with Gasteiger partial charge < -0.3 is 17.2 Å². The Labute approximate surface area is 37.5 Å². The van der Waals surface area contributed by atoms with E-state index in [2.05, 4.69) is 0 Å². The lowest BCUT2D eigenvalue weighted by molar-refractivity contribution is 0.648. The van der Waals surface area contributed by atoms with E-state index in [1.165, 1.54) is 0 Å². The van der Waals surface area contributed by atoms with Crippen molar-refractivity contribution in [3.63, 3.8) is 0 Å². The smallest absolute Gasteiger partial charge is 0.0533 e. The van der Waals surface area contributed by atoms with E-state index in [0.717, 1.165) is 0 Å². The first-order chi connectivity index (χ1) is 2.77. The van der Waals surface area contributed by atoms with Crippen LogP contribution in [0, 0.1) is 0 Å². The van der Waals surface area contributed by atoms with Crippen LogP contribution in [0.25, 0.3) is 0 Å². The maximum atomic E-state index is 5.10. The molecule has 3 heteroatoms. The van der Waals surface area contributed by atoms with Gasteiger partial charge in [-0.1, -0.05) is 0 Å². The summed E-state index contributed by atoms with van der Waals surface area (Å²) in [7, 11) is 0. The first-order valence-corrected chi connectivity index (χ1v) is 1.98. The quantitative estimate of drug-likeness (QED) is 0.363. The summed E-state index contributed by atoms with van der Waals surface area (Å²) >= 11 is 0. The minimum absolute atomic E-state index is 0.227. The molecule has 0 saturated carbocycles. The summed E-state index contributed by atoms with van der Waals surface area (Å²) in [4.78, 5) is 0. The predicted octanol–water partition coefficient (Wildman–Crippen LogP) is -1.42. The molecular weight excluding hydrogens is 78.1 g/mol. The first-order valence-electron chi connectivity index (χ1n) is 1.98. The average Bonchev–Trinajstić information content (AvgIpc) is 1.35. The highest BCUT2D eigenvalue weighted by Crippen LogP contribution is 1.68. The van der Waals surface area contributed by atoms with E-state index in [0.29, 0.717) is 13.0 Å². The van der Waals surface area contributed by atoms with Crippen LogP contribution in [-0.4, -0.2) is 12.7 Å². The van der Waals surface area contributed by atoms with Crippen molar-refractivity contribution in [3.8, 4) is 0 Å². The molecule has 6 N–H and O–H groups in total. The Hall–Kier alpha value is -0.120. The van der Waals surface area contributed by atoms with Crippen LogP contribution < -0.4 is 17.2 Å². The highest BCUT2D eigenvalue weighted by atomic mass is 14.8. The van der Waals surface area contributed by atoms with Gasteiger partial charge >= 0.3 is 0 Å². The van der Waals surface area contributed by atoms with Crippen molar-refractivity contribution in [1.29, 1.82) is 0 Å². The molecule has 0 aliphatic heterocycles. The van der Waals surface area contributed by atoms with E-state index in [1.54, 1.807) is 0 Å². The molecule has 0 fully saturated rings. The van der Waals surface area contributed by atoms with E-state index in [1.807, 2.05) is 0 Å². The third-order valence-electron chi connectivity index (χ3n) is 0.500. The van der Waals surface area contributed by atoms with Crippen LogP contribution in [-0.2, 0) is 0 Å². The Morgan fingerprint density at radius 3 is 1.83 bits per heavy atom. The summed E-state index contributed by atoms with van der Waals surface area (Å²) in [6.45, 7) is 0.581. The summed E-state index contributed by atoms with van der Waals surface area (Å²) in [5.41, 5.74) is 15.3. The Bertz CT molecular complexity index is 27.2. The molecule has 0 aliphatic rings. The third-order valence-corrected chi connectivity index (χ3v) is 0.500. The first kappa shape index (κ1) is 5.88. The minimum Gasteiger partial charge on any atom is -0.330 e. The Kier molecular flexibility index (Phi) is 3.02. The molecule has 0 amide bonds. The second-order valence-electron chi connectivity index (χ2n) is 1.24. The fraction of sp³-hybridized carbons (Fsp3) is 1.00. The average molecular weight is 89.1 g/mol. The summed E-state index contributed by atoms with van der Waals surface area (Å²) < 4.78 is 0. The summed E-state index contributed by atoms with van der Waals surface area (Å²) in [6.07, 6.45) is 0.481. The summed E-state index contributed by atoms with van der Waals surface area (Å²) in [6, 6.07) is 0. The van der Waals surface area contributed by atoms with E-state index in [9.17, 15) is 0 Å². The Morgan fingerprint density at radius 1 is 1.33 bits per heavy atom. The van der Waals surface area contributed by atoms with Gasteiger partial charge in [0.15, 0.2) is 0 Å². The van der Waals surface area contributed by atoms with Gasteiger partial charge in [-0.05, 0) is 13.0 Å². The van der Waals surface area contributed by atoms with Gasteiger partial charge in [-0.25, -0.2) is 0 Å². The molecule has 0 rings (SSSR count). The van der Waals surface area contributed by atoms with Crippen LogP contribution >= 0.6 is 0 Å². The minimum atomic E-state index is -0.227. The molecule has 0 radical (unpaired) electrons. The Morgan fingerprint density at radius 2 is 1.83 bits per heavy atom. The van der Waals surface area contributed by atoms with Crippen LogP contribution in [0.15, 0.2) is 0 Å². The van der Waals surface area contributed by atoms with E-state index < -0.39 is 0 Å². The molecule has 6 heavy (non-hydrogen) atoms. The highest BCUT2D eigenvalue weighted by Gasteiger charge is 1.85.